The van der Waals surface area contributed by atoms with Gasteiger partial charge in [-0.05, 0) is 49.6 Å². The molecule has 1 fully saturated rings. The van der Waals surface area contributed by atoms with E-state index < -0.39 is 5.97 Å². The van der Waals surface area contributed by atoms with E-state index in [1.807, 2.05) is 31.2 Å². The van der Waals surface area contributed by atoms with E-state index in [1.54, 1.807) is 22.8 Å². The van der Waals surface area contributed by atoms with Crippen LogP contribution in [0.3, 0.4) is 0 Å². The zero-order chi connectivity index (χ0) is 22.5. The molecule has 0 saturated carbocycles. The summed E-state index contributed by atoms with van der Waals surface area (Å²) in [7, 11) is 1.33. The molecule has 7 nitrogen and oxygen atoms in total. The van der Waals surface area contributed by atoms with Crippen LogP contribution in [0.5, 0.6) is 5.75 Å². The highest BCUT2D eigenvalue weighted by Gasteiger charge is 2.21. The molecule has 0 radical (unpaired) electrons. The van der Waals surface area contributed by atoms with E-state index in [9.17, 15) is 9.59 Å². The maximum atomic E-state index is 13.3. The first-order valence-electron chi connectivity index (χ1n) is 10.6. The van der Waals surface area contributed by atoms with Gasteiger partial charge >= 0.3 is 5.97 Å². The van der Waals surface area contributed by atoms with Crippen molar-refractivity contribution in [2.45, 2.75) is 37.6 Å². The number of rotatable bonds is 8. The third kappa shape index (κ3) is 4.97. The normalized spacial score (nSPS) is 15.8. The first-order valence-corrected chi connectivity index (χ1v) is 11.6. The number of esters is 1. The van der Waals surface area contributed by atoms with E-state index in [2.05, 4.69) is 0 Å². The molecule has 4 rings (SSSR count). The van der Waals surface area contributed by atoms with Gasteiger partial charge < -0.3 is 14.2 Å². The molecule has 1 aliphatic heterocycles. The van der Waals surface area contributed by atoms with Crippen LogP contribution < -0.4 is 10.3 Å². The van der Waals surface area contributed by atoms with Gasteiger partial charge in [0, 0.05) is 12.4 Å². The van der Waals surface area contributed by atoms with Crippen LogP contribution in [0.15, 0.2) is 52.4 Å². The summed E-state index contributed by atoms with van der Waals surface area (Å²) in [6.07, 6.45) is 1.92. The highest BCUT2D eigenvalue weighted by atomic mass is 32.2. The number of para-hydroxylation sites is 1. The van der Waals surface area contributed by atoms with Crippen molar-refractivity contribution in [2.24, 2.45) is 0 Å². The van der Waals surface area contributed by atoms with Crippen molar-refractivity contribution >= 4 is 28.6 Å². The quantitative estimate of drug-likeness (QED) is 0.221. The van der Waals surface area contributed by atoms with Crippen LogP contribution in [-0.2, 0) is 16.0 Å². The molecular formula is C24H26N2O5S. The number of hydrogen-bond donors (Lipinski definition) is 0. The fraction of sp³-hybridized carbons (Fsp3) is 0.375. The summed E-state index contributed by atoms with van der Waals surface area (Å²) < 4.78 is 18.1. The molecule has 1 aromatic heterocycles. The molecule has 2 aromatic carbocycles. The Morgan fingerprint density at radius 3 is 2.88 bits per heavy atom. The van der Waals surface area contributed by atoms with Crippen molar-refractivity contribution in [1.82, 2.24) is 9.55 Å². The maximum Gasteiger partial charge on any atom is 0.337 e. The van der Waals surface area contributed by atoms with Crippen LogP contribution in [0.1, 0.15) is 28.8 Å². The average Bonchev–Trinajstić information content (AvgIpc) is 3.32. The van der Waals surface area contributed by atoms with Gasteiger partial charge in [-0.1, -0.05) is 30.0 Å². The molecule has 0 aliphatic carbocycles. The number of ether oxygens (including phenoxy) is 3. The van der Waals surface area contributed by atoms with E-state index in [4.69, 9.17) is 19.2 Å². The highest BCUT2D eigenvalue weighted by molar-refractivity contribution is 7.99. The number of methoxy groups -OCH3 is 1. The first kappa shape index (κ1) is 22.4. The molecule has 0 amide bonds. The zero-order valence-corrected chi connectivity index (χ0v) is 19.0. The van der Waals surface area contributed by atoms with Crippen molar-refractivity contribution in [3.63, 3.8) is 0 Å². The number of carbonyl (C=O) groups excluding carboxylic acids is 1. The van der Waals surface area contributed by atoms with Gasteiger partial charge in [-0.15, -0.1) is 0 Å². The second kappa shape index (κ2) is 10.2. The smallest absolute Gasteiger partial charge is 0.337 e. The molecule has 1 aliphatic rings. The molecule has 2 heterocycles. The summed E-state index contributed by atoms with van der Waals surface area (Å²) in [6, 6.07) is 12.7. The number of fused-ring (bicyclic) bond motifs is 1. The number of aromatic nitrogens is 2. The van der Waals surface area contributed by atoms with Crippen LogP contribution in [-0.4, -0.2) is 47.7 Å². The summed E-state index contributed by atoms with van der Waals surface area (Å²) in [4.78, 5) is 29.9. The van der Waals surface area contributed by atoms with Gasteiger partial charge in [0.25, 0.3) is 5.56 Å². The van der Waals surface area contributed by atoms with Gasteiger partial charge in [-0.25, -0.2) is 9.78 Å². The molecule has 0 bridgehead atoms. The van der Waals surface area contributed by atoms with Crippen LogP contribution in [0.4, 0.5) is 0 Å². The van der Waals surface area contributed by atoms with E-state index in [0.29, 0.717) is 40.5 Å². The number of benzene rings is 2. The summed E-state index contributed by atoms with van der Waals surface area (Å²) in [5.74, 6) is 1.01. The van der Waals surface area contributed by atoms with Gasteiger partial charge in [0.1, 0.15) is 5.75 Å². The largest absolute Gasteiger partial charge is 0.492 e. The SMILES string of the molecule is COC(=O)c1ccc2c(=O)n(CC3CCCO3)c(SCCOc3ccccc3C)nc2c1. The molecule has 32 heavy (non-hydrogen) atoms. The minimum absolute atomic E-state index is 0.00357. The number of thioether (sulfide) groups is 1. The lowest BCUT2D eigenvalue weighted by Crippen LogP contribution is -2.29. The Kier molecular flexibility index (Phi) is 7.12. The Labute approximate surface area is 190 Å². The van der Waals surface area contributed by atoms with Gasteiger partial charge in [-0.3, -0.25) is 9.36 Å². The lowest BCUT2D eigenvalue weighted by molar-refractivity contribution is 0.0601. The topological polar surface area (TPSA) is 79.7 Å². The number of aryl methyl sites for hydroxylation is 1. The standard InChI is InChI=1S/C24H26N2O5S/c1-16-6-3-4-8-21(16)31-12-13-32-24-25-20-14-17(23(28)29-2)9-10-19(20)22(27)26(24)15-18-7-5-11-30-18/h3-4,6,8-10,14,18H,5,7,11-13,15H2,1-2H3. The summed E-state index contributed by atoms with van der Waals surface area (Å²) in [6.45, 7) is 3.66. The Hall–Kier alpha value is -2.84. The highest BCUT2D eigenvalue weighted by Crippen LogP contribution is 2.23. The Bertz CT molecular complexity index is 1170. The monoisotopic (exact) mass is 454 g/mol. The Morgan fingerprint density at radius 2 is 2.12 bits per heavy atom. The van der Waals surface area contributed by atoms with Crippen LogP contribution in [0, 0.1) is 6.92 Å². The fourth-order valence-corrected chi connectivity index (χ4v) is 4.54. The van der Waals surface area contributed by atoms with Crippen molar-refractivity contribution in [1.29, 1.82) is 0 Å². The molecule has 1 unspecified atom stereocenters. The van der Waals surface area contributed by atoms with Gasteiger partial charge in [0.05, 0.1) is 42.8 Å². The van der Waals surface area contributed by atoms with Gasteiger partial charge in [0.2, 0.25) is 0 Å². The Balaban J connectivity index is 1.60. The summed E-state index contributed by atoms with van der Waals surface area (Å²) in [5, 5.41) is 1.06. The van der Waals surface area contributed by atoms with Crippen molar-refractivity contribution in [3.8, 4) is 5.75 Å². The van der Waals surface area contributed by atoms with Crippen molar-refractivity contribution in [3.05, 3.63) is 63.9 Å². The van der Waals surface area contributed by atoms with Crippen molar-refractivity contribution < 1.29 is 19.0 Å². The zero-order valence-electron chi connectivity index (χ0n) is 18.2. The van der Waals surface area contributed by atoms with E-state index in [-0.39, 0.29) is 11.7 Å². The minimum Gasteiger partial charge on any atom is -0.492 e. The molecule has 0 spiro atoms. The predicted octanol–water partition coefficient (Wildman–Crippen LogP) is 3.84. The number of carbonyl (C=O) groups is 1. The number of hydrogen-bond acceptors (Lipinski definition) is 7. The first-order chi connectivity index (χ1) is 15.6. The van der Waals surface area contributed by atoms with E-state index in [1.165, 1.54) is 18.9 Å². The third-order valence-electron chi connectivity index (χ3n) is 5.42. The molecule has 1 atom stereocenters. The van der Waals surface area contributed by atoms with E-state index >= 15 is 0 Å². The Morgan fingerprint density at radius 1 is 1.28 bits per heavy atom. The average molecular weight is 455 g/mol. The molecule has 168 valence electrons. The maximum absolute atomic E-state index is 13.3. The van der Waals surface area contributed by atoms with Crippen molar-refractivity contribution in [2.75, 3.05) is 26.1 Å². The predicted molar refractivity (Wildman–Crippen MR) is 124 cm³/mol. The third-order valence-corrected chi connectivity index (χ3v) is 6.36. The van der Waals surface area contributed by atoms with Crippen LogP contribution in [0.25, 0.3) is 10.9 Å². The van der Waals surface area contributed by atoms with Gasteiger partial charge in [0.15, 0.2) is 5.16 Å². The number of nitrogens with zero attached hydrogens (tertiary/aromatic N) is 2. The minimum atomic E-state index is -0.460. The molecule has 8 heteroatoms. The van der Waals surface area contributed by atoms with Crippen LogP contribution in [0.2, 0.25) is 0 Å². The molecule has 1 saturated heterocycles. The molecular weight excluding hydrogens is 428 g/mol. The second-order valence-corrected chi connectivity index (χ2v) is 8.69. The van der Waals surface area contributed by atoms with E-state index in [0.717, 1.165) is 30.8 Å². The molecule has 3 aromatic rings. The van der Waals surface area contributed by atoms with Gasteiger partial charge in [-0.2, -0.15) is 0 Å². The fourth-order valence-electron chi connectivity index (χ4n) is 3.71. The summed E-state index contributed by atoms with van der Waals surface area (Å²) in [5.41, 5.74) is 1.78. The summed E-state index contributed by atoms with van der Waals surface area (Å²) >= 11 is 1.46. The molecule has 0 N–H and O–H groups in total. The van der Waals surface area contributed by atoms with Crippen LogP contribution >= 0.6 is 11.8 Å². The lowest BCUT2D eigenvalue weighted by Gasteiger charge is -2.17. The second-order valence-electron chi connectivity index (χ2n) is 7.63. The lowest BCUT2D eigenvalue weighted by atomic mass is 10.1.